The number of aryl methyl sites for hydroxylation is 1. The van der Waals surface area contributed by atoms with Crippen molar-refractivity contribution in [1.82, 2.24) is 9.55 Å². The number of aromatic amines is 1. The molecule has 0 aliphatic carbocycles. The first kappa shape index (κ1) is 11.9. The van der Waals surface area contributed by atoms with E-state index in [0.29, 0.717) is 5.02 Å². The van der Waals surface area contributed by atoms with Gasteiger partial charge >= 0.3 is 5.97 Å². The van der Waals surface area contributed by atoms with Gasteiger partial charge in [-0.2, -0.15) is 0 Å². The summed E-state index contributed by atoms with van der Waals surface area (Å²) in [5.41, 5.74) is 2.88. The average Bonchev–Trinajstić information content (AvgIpc) is 2.95. The number of aromatic carboxylic acids is 1. The summed E-state index contributed by atoms with van der Waals surface area (Å²) in [6, 6.07) is 11.0. The largest absolute Gasteiger partial charge is 0.477 e. The first-order valence-electron chi connectivity index (χ1n) is 5.74. The molecule has 0 atom stereocenters. The lowest BCUT2D eigenvalue weighted by Crippen LogP contribution is -1.96. The SMILES string of the molecule is Cn1c(-c2ccc(C(=O)O)[nH]2)cc2ccc(Cl)cc21. The van der Waals surface area contributed by atoms with Crippen molar-refractivity contribution in [2.24, 2.45) is 7.05 Å². The summed E-state index contributed by atoms with van der Waals surface area (Å²) >= 11 is 5.99. The highest BCUT2D eigenvalue weighted by atomic mass is 35.5. The van der Waals surface area contributed by atoms with Crippen LogP contribution >= 0.6 is 11.6 Å². The van der Waals surface area contributed by atoms with E-state index in [1.807, 2.05) is 35.9 Å². The molecule has 0 saturated carbocycles. The van der Waals surface area contributed by atoms with Crippen LogP contribution in [0, 0.1) is 0 Å². The lowest BCUT2D eigenvalue weighted by atomic mass is 10.2. The Hall–Kier alpha value is -2.20. The van der Waals surface area contributed by atoms with Gasteiger partial charge in [-0.25, -0.2) is 4.79 Å². The molecule has 0 spiro atoms. The van der Waals surface area contributed by atoms with Gasteiger partial charge < -0.3 is 14.7 Å². The predicted octanol–water partition coefficient (Wildman–Crippen LogP) is 3.53. The Bertz CT molecular complexity index is 786. The molecule has 3 rings (SSSR count). The number of carboxylic acid groups (broad SMARTS) is 1. The zero-order chi connectivity index (χ0) is 13.6. The van der Waals surface area contributed by atoms with Crippen LogP contribution in [0.2, 0.25) is 5.02 Å². The predicted molar refractivity (Wildman–Crippen MR) is 74.7 cm³/mol. The lowest BCUT2D eigenvalue weighted by molar-refractivity contribution is 0.0691. The van der Waals surface area contributed by atoms with Gasteiger partial charge in [-0.05, 0) is 30.3 Å². The Kier molecular flexibility index (Phi) is 2.61. The molecule has 0 aliphatic heterocycles. The Labute approximate surface area is 114 Å². The minimum atomic E-state index is -0.965. The normalized spacial score (nSPS) is 11.1. The van der Waals surface area contributed by atoms with Crippen LogP contribution in [0.3, 0.4) is 0 Å². The maximum atomic E-state index is 10.9. The summed E-state index contributed by atoms with van der Waals surface area (Å²) in [6.07, 6.45) is 0. The minimum absolute atomic E-state index is 0.179. The van der Waals surface area contributed by atoms with Gasteiger partial charge in [0.05, 0.1) is 11.4 Å². The minimum Gasteiger partial charge on any atom is -0.477 e. The second-order valence-electron chi connectivity index (χ2n) is 4.38. The molecule has 0 unspecified atom stereocenters. The van der Waals surface area contributed by atoms with Gasteiger partial charge in [0, 0.05) is 23.0 Å². The van der Waals surface area contributed by atoms with Crippen LogP contribution in [-0.4, -0.2) is 20.6 Å². The van der Waals surface area contributed by atoms with E-state index in [4.69, 9.17) is 16.7 Å². The molecular formula is C14H11ClN2O2. The molecule has 5 heteroatoms. The van der Waals surface area contributed by atoms with Crippen molar-refractivity contribution >= 4 is 28.5 Å². The molecule has 2 heterocycles. The molecule has 19 heavy (non-hydrogen) atoms. The number of nitrogens with one attached hydrogen (secondary N) is 1. The molecule has 4 nitrogen and oxygen atoms in total. The Morgan fingerprint density at radius 3 is 2.74 bits per heavy atom. The maximum Gasteiger partial charge on any atom is 0.352 e. The van der Waals surface area contributed by atoms with Crippen LogP contribution in [0.25, 0.3) is 22.3 Å². The molecule has 2 aromatic heterocycles. The highest BCUT2D eigenvalue weighted by molar-refractivity contribution is 6.31. The summed E-state index contributed by atoms with van der Waals surface area (Å²) in [6.45, 7) is 0. The van der Waals surface area contributed by atoms with Crippen molar-refractivity contribution in [3.05, 3.63) is 47.1 Å². The van der Waals surface area contributed by atoms with Crippen LogP contribution in [-0.2, 0) is 7.05 Å². The summed E-state index contributed by atoms with van der Waals surface area (Å²) in [7, 11) is 1.93. The van der Waals surface area contributed by atoms with Crippen molar-refractivity contribution in [2.45, 2.75) is 0 Å². The highest BCUT2D eigenvalue weighted by Crippen LogP contribution is 2.28. The number of nitrogens with zero attached hydrogens (tertiary/aromatic N) is 1. The van der Waals surface area contributed by atoms with Crippen LogP contribution < -0.4 is 0 Å². The van der Waals surface area contributed by atoms with Crippen molar-refractivity contribution in [1.29, 1.82) is 0 Å². The van der Waals surface area contributed by atoms with Crippen LogP contribution in [0.15, 0.2) is 36.4 Å². The van der Waals surface area contributed by atoms with Crippen LogP contribution in [0.1, 0.15) is 10.5 Å². The van der Waals surface area contributed by atoms with E-state index in [0.717, 1.165) is 22.3 Å². The number of carboxylic acids is 1. The van der Waals surface area contributed by atoms with Crippen molar-refractivity contribution in [2.75, 3.05) is 0 Å². The van der Waals surface area contributed by atoms with Crippen molar-refractivity contribution < 1.29 is 9.90 Å². The molecule has 0 radical (unpaired) electrons. The molecule has 1 aromatic carbocycles. The van der Waals surface area contributed by atoms with E-state index < -0.39 is 5.97 Å². The molecule has 2 N–H and O–H groups in total. The van der Waals surface area contributed by atoms with Gasteiger partial charge in [-0.1, -0.05) is 17.7 Å². The summed E-state index contributed by atoms with van der Waals surface area (Å²) in [4.78, 5) is 13.8. The van der Waals surface area contributed by atoms with Gasteiger partial charge in [0.25, 0.3) is 0 Å². The quantitative estimate of drug-likeness (QED) is 0.751. The number of halogens is 1. The maximum absolute atomic E-state index is 10.9. The standard InChI is InChI=1S/C14H11ClN2O2/c1-17-12-7-9(15)3-2-8(12)6-13(17)10-4-5-11(16-10)14(18)19/h2-7,16H,1H3,(H,18,19). The number of hydrogen-bond acceptors (Lipinski definition) is 1. The number of benzene rings is 1. The summed E-state index contributed by atoms with van der Waals surface area (Å²) in [5.74, 6) is -0.965. The first-order chi connectivity index (χ1) is 9.06. The fourth-order valence-corrected chi connectivity index (χ4v) is 2.40. The molecule has 0 amide bonds. The number of fused-ring (bicyclic) bond motifs is 1. The van der Waals surface area contributed by atoms with Gasteiger partial charge in [0.15, 0.2) is 0 Å². The van der Waals surface area contributed by atoms with Gasteiger partial charge in [0.2, 0.25) is 0 Å². The number of aromatic nitrogens is 2. The summed E-state index contributed by atoms with van der Waals surface area (Å²) < 4.78 is 1.98. The molecule has 3 aromatic rings. The average molecular weight is 275 g/mol. The van der Waals surface area contributed by atoms with E-state index in [9.17, 15) is 4.79 Å². The van der Waals surface area contributed by atoms with E-state index in [1.54, 1.807) is 12.1 Å². The Morgan fingerprint density at radius 2 is 2.05 bits per heavy atom. The monoisotopic (exact) mass is 274 g/mol. The Morgan fingerprint density at radius 1 is 1.26 bits per heavy atom. The van der Waals surface area contributed by atoms with Gasteiger partial charge in [0.1, 0.15) is 5.69 Å². The number of carbonyl (C=O) groups is 1. The van der Waals surface area contributed by atoms with Crippen LogP contribution in [0.5, 0.6) is 0 Å². The third-order valence-electron chi connectivity index (χ3n) is 3.20. The number of H-pyrrole nitrogens is 1. The van der Waals surface area contributed by atoms with E-state index in [2.05, 4.69) is 4.98 Å². The third-order valence-corrected chi connectivity index (χ3v) is 3.43. The van der Waals surface area contributed by atoms with Crippen LogP contribution in [0.4, 0.5) is 0 Å². The molecule has 0 fully saturated rings. The molecular weight excluding hydrogens is 264 g/mol. The van der Waals surface area contributed by atoms with Crippen molar-refractivity contribution in [3.8, 4) is 11.4 Å². The Balaban J connectivity index is 2.19. The second kappa shape index (κ2) is 4.17. The lowest BCUT2D eigenvalue weighted by Gasteiger charge is -2.02. The molecule has 0 bridgehead atoms. The fourth-order valence-electron chi connectivity index (χ4n) is 2.23. The van der Waals surface area contributed by atoms with E-state index in [-0.39, 0.29) is 5.69 Å². The number of hydrogen-bond donors (Lipinski definition) is 2. The fraction of sp³-hybridized carbons (Fsp3) is 0.0714. The van der Waals surface area contributed by atoms with E-state index >= 15 is 0 Å². The third kappa shape index (κ3) is 1.90. The zero-order valence-electron chi connectivity index (χ0n) is 10.1. The van der Waals surface area contributed by atoms with Gasteiger partial charge in [-0.3, -0.25) is 0 Å². The second-order valence-corrected chi connectivity index (χ2v) is 4.82. The topological polar surface area (TPSA) is 58.0 Å². The molecule has 96 valence electrons. The number of rotatable bonds is 2. The van der Waals surface area contributed by atoms with Gasteiger partial charge in [-0.15, -0.1) is 0 Å². The first-order valence-corrected chi connectivity index (χ1v) is 6.12. The highest BCUT2D eigenvalue weighted by Gasteiger charge is 2.12. The molecule has 0 saturated heterocycles. The smallest absolute Gasteiger partial charge is 0.352 e. The van der Waals surface area contributed by atoms with E-state index in [1.165, 1.54) is 0 Å². The zero-order valence-corrected chi connectivity index (χ0v) is 10.9. The summed E-state index contributed by atoms with van der Waals surface area (Å²) in [5, 5.41) is 10.7. The van der Waals surface area contributed by atoms with Crippen molar-refractivity contribution in [3.63, 3.8) is 0 Å². The molecule has 0 aliphatic rings.